The van der Waals surface area contributed by atoms with Crippen LogP contribution in [0.25, 0.3) is 0 Å². The van der Waals surface area contributed by atoms with Gasteiger partial charge in [0.2, 0.25) is 5.91 Å². The van der Waals surface area contributed by atoms with E-state index in [4.69, 9.17) is 0 Å². The first-order valence-electron chi connectivity index (χ1n) is 7.54. The Morgan fingerprint density at radius 2 is 1.86 bits per heavy atom. The van der Waals surface area contributed by atoms with Crippen LogP contribution >= 0.6 is 0 Å². The fourth-order valence-electron chi connectivity index (χ4n) is 2.13. The number of urea groups is 1. The molecule has 1 aromatic carbocycles. The highest BCUT2D eigenvalue weighted by molar-refractivity contribution is 5.93. The smallest absolute Gasteiger partial charge is 0.319 e. The lowest BCUT2D eigenvalue weighted by molar-refractivity contribution is -0.122. The van der Waals surface area contributed by atoms with Crippen LogP contribution in [0, 0.1) is 0 Å². The van der Waals surface area contributed by atoms with Gasteiger partial charge in [-0.1, -0.05) is 19.9 Å². The van der Waals surface area contributed by atoms with Crippen LogP contribution in [-0.4, -0.2) is 31.2 Å². The third kappa shape index (κ3) is 5.35. The Labute approximate surface area is 130 Å². The Bertz CT molecular complexity index is 520. The van der Waals surface area contributed by atoms with Gasteiger partial charge in [-0.2, -0.15) is 0 Å². The summed E-state index contributed by atoms with van der Waals surface area (Å²) in [5.41, 5.74) is 3.13. The van der Waals surface area contributed by atoms with Crippen LogP contribution in [0.5, 0.6) is 0 Å². The molecule has 22 heavy (non-hydrogen) atoms. The largest absolute Gasteiger partial charge is 0.352 e. The highest BCUT2D eigenvalue weighted by atomic mass is 19.1. The van der Waals surface area contributed by atoms with Crippen LogP contribution in [-0.2, 0) is 17.6 Å². The molecule has 1 atom stereocenters. The van der Waals surface area contributed by atoms with Crippen molar-refractivity contribution < 1.29 is 14.0 Å². The van der Waals surface area contributed by atoms with E-state index >= 15 is 0 Å². The lowest BCUT2D eigenvalue weighted by Gasteiger charge is -2.15. The van der Waals surface area contributed by atoms with Gasteiger partial charge in [0.25, 0.3) is 0 Å². The van der Waals surface area contributed by atoms with E-state index in [2.05, 4.69) is 29.8 Å². The van der Waals surface area contributed by atoms with Crippen molar-refractivity contribution in [2.45, 2.75) is 39.7 Å². The number of hydrogen-bond acceptors (Lipinski definition) is 2. The Morgan fingerprint density at radius 1 is 1.18 bits per heavy atom. The first-order chi connectivity index (χ1) is 10.5. The van der Waals surface area contributed by atoms with Crippen molar-refractivity contribution in [3.8, 4) is 0 Å². The zero-order valence-corrected chi connectivity index (χ0v) is 13.3. The van der Waals surface area contributed by atoms with E-state index in [-0.39, 0.29) is 6.54 Å². The minimum absolute atomic E-state index is 0.0508. The molecular weight excluding hydrogens is 285 g/mol. The maximum atomic E-state index is 12.0. The predicted molar refractivity (Wildman–Crippen MR) is 85.8 cm³/mol. The molecule has 3 N–H and O–H groups in total. The molecule has 1 rings (SSSR count). The van der Waals surface area contributed by atoms with E-state index in [9.17, 15) is 14.0 Å². The van der Waals surface area contributed by atoms with Gasteiger partial charge in [0.05, 0.1) is 0 Å². The molecule has 0 aromatic heterocycles. The van der Waals surface area contributed by atoms with Gasteiger partial charge in [-0.05, 0) is 43.0 Å². The van der Waals surface area contributed by atoms with Gasteiger partial charge >= 0.3 is 6.03 Å². The second kappa shape index (κ2) is 9.02. The maximum Gasteiger partial charge on any atom is 0.319 e. The van der Waals surface area contributed by atoms with Gasteiger partial charge in [0.1, 0.15) is 12.7 Å². The second-order valence-electron chi connectivity index (χ2n) is 4.99. The van der Waals surface area contributed by atoms with Gasteiger partial charge in [-0.3, -0.25) is 4.79 Å². The topological polar surface area (TPSA) is 70.2 Å². The molecule has 0 aliphatic carbocycles. The van der Waals surface area contributed by atoms with Crippen molar-refractivity contribution in [3.63, 3.8) is 0 Å². The third-order valence-corrected chi connectivity index (χ3v) is 3.36. The first kappa shape index (κ1) is 17.9. The highest BCUT2D eigenvalue weighted by Crippen LogP contribution is 2.17. The van der Waals surface area contributed by atoms with Gasteiger partial charge in [0, 0.05) is 12.2 Å². The van der Waals surface area contributed by atoms with E-state index in [0.717, 1.165) is 12.8 Å². The quantitative estimate of drug-likeness (QED) is 0.724. The second-order valence-corrected chi connectivity index (χ2v) is 4.99. The average Bonchev–Trinajstić information content (AvgIpc) is 2.52. The average molecular weight is 309 g/mol. The van der Waals surface area contributed by atoms with E-state index in [1.165, 1.54) is 11.1 Å². The molecule has 0 radical (unpaired) electrons. The summed E-state index contributed by atoms with van der Waals surface area (Å²) in [5, 5.41) is 7.60. The number of hydrogen-bond donors (Lipinski definition) is 3. The van der Waals surface area contributed by atoms with Gasteiger partial charge in [-0.25, -0.2) is 9.18 Å². The van der Waals surface area contributed by atoms with E-state index in [1.807, 2.05) is 18.2 Å². The molecule has 3 amide bonds. The summed E-state index contributed by atoms with van der Waals surface area (Å²) >= 11 is 0. The SMILES string of the molecule is CCc1ccc(NC(=O)N[C@@H](C)C(=O)NCCF)cc1CC. The fourth-order valence-corrected chi connectivity index (χ4v) is 2.13. The molecule has 0 spiro atoms. The van der Waals surface area contributed by atoms with Crippen molar-refractivity contribution in [1.29, 1.82) is 0 Å². The number of nitrogens with one attached hydrogen (secondary N) is 3. The molecule has 0 heterocycles. The van der Waals surface area contributed by atoms with Crippen LogP contribution < -0.4 is 16.0 Å². The molecule has 5 nitrogen and oxygen atoms in total. The van der Waals surface area contributed by atoms with Crippen molar-refractivity contribution >= 4 is 17.6 Å². The van der Waals surface area contributed by atoms with Crippen molar-refractivity contribution in [1.82, 2.24) is 10.6 Å². The van der Waals surface area contributed by atoms with Crippen molar-refractivity contribution in [3.05, 3.63) is 29.3 Å². The maximum absolute atomic E-state index is 12.0. The number of anilines is 1. The van der Waals surface area contributed by atoms with Crippen LogP contribution in [0.1, 0.15) is 31.9 Å². The first-order valence-corrected chi connectivity index (χ1v) is 7.54. The van der Waals surface area contributed by atoms with Gasteiger partial charge in [-0.15, -0.1) is 0 Å². The molecule has 122 valence electrons. The number of rotatable bonds is 7. The predicted octanol–water partition coefficient (Wildman–Crippen LogP) is 2.41. The number of benzene rings is 1. The molecule has 6 heteroatoms. The minimum atomic E-state index is -0.730. The Morgan fingerprint density at radius 3 is 2.45 bits per heavy atom. The molecule has 0 aliphatic heterocycles. The standard InChI is InChI=1S/C16H24FN3O2/c1-4-12-6-7-14(10-13(12)5-2)20-16(22)19-11(3)15(21)18-9-8-17/h6-7,10-11H,4-5,8-9H2,1-3H3,(H,18,21)(H2,19,20,22)/t11-/m0/s1. The fraction of sp³-hybridized carbons (Fsp3) is 0.500. The number of amides is 3. The number of halogens is 1. The molecule has 0 fully saturated rings. The summed E-state index contributed by atoms with van der Waals surface area (Å²) in [4.78, 5) is 23.4. The number of aryl methyl sites for hydroxylation is 2. The van der Waals surface area contributed by atoms with E-state index < -0.39 is 24.7 Å². The molecule has 0 bridgehead atoms. The molecular formula is C16H24FN3O2. The summed E-state index contributed by atoms with van der Waals surface area (Å²) in [5.74, 6) is -0.414. The summed E-state index contributed by atoms with van der Waals surface area (Å²) in [6, 6.07) is 4.57. The van der Waals surface area contributed by atoms with Crippen LogP contribution in [0.15, 0.2) is 18.2 Å². The molecule has 1 aromatic rings. The molecule has 0 unspecified atom stereocenters. The lowest BCUT2D eigenvalue weighted by Crippen LogP contribution is -2.46. The summed E-state index contributed by atoms with van der Waals surface area (Å²) in [6.07, 6.45) is 1.84. The summed E-state index contributed by atoms with van der Waals surface area (Å²) < 4.78 is 12.0. The molecule has 0 aliphatic rings. The van der Waals surface area contributed by atoms with Crippen LogP contribution in [0.4, 0.5) is 14.9 Å². The van der Waals surface area contributed by atoms with Gasteiger partial charge in [0.15, 0.2) is 0 Å². The molecule has 0 saturated carbocycles. The number of carbonyl (C=O) groups excluding carboxylic acids is 2. The zero-order valence-electron chi connectivity index (χ0n) is 13.3. The van der Waals surface area contributed by atoms with Crippen molar-refractivity contribution in [2.24, 2.45) is 0 Å². The lowest BCUT2D eigenvalue weighted by atomic mass is 10.0. The van der Waals surface area contributed by atoms with E-state index in [1.54, 1.807) is 6.92 Å². The minimum Gasteiger partial charge on any atom is -0.352 e. The normalized spacial score (nSPS) is 11.6. The Kier molecular flexibility index (Phi) is 7.36. The summed E-state index contributed by atoms with van der Waals surface area (Å²) in [6.45, 7) is 5.02. The Balaban J connectivity index is 2.59. The zero-order chi connectivity index (χ0) is 16.5. The Hall–Kier alpha value is -2.11. The monoisotopic (exact) mass is 309 g/mol. The highest BCUT2D eigenvalue weighted by Gasteiger charge is 2.15. The number of alkyl halides is 1. The number of carbonyl (C=O) groups is 2. The van der Waals surface area contributed by atoms with Crippen LogP contribution in [0.2, 0.25) is 0 Å². The van der Waals surface area contributed by atoms with Crippen LogP contribution in [0.3, 0.4) is 0 Å². The van der Waals surface area contributed by atoms with Gasteiger partial charge < -0.3 is 16.0 Å². The van der Waals surface area contributed by atoms with Crippen molar-refractivity contribution in [2.75, 3.05) is 18.5 Å². The summed E-state index contributed by atoms with van der Waals surface area (Å²) in [7, 11) is 0. The third-order valence-electron chi connectivity index (χ3n) is 3.36. The molecule has 0 saturated heterocycles. The van der Waals surface area contributed by atoms with E-state index in [0.29, 0.717) is 5.69 Å².